The Labute approximate surface area is 120 Å². The largest absolute Gasteiger partial charge is 0.367 e. The van der Waals surface area contributed by atoms with Gasteiger partial charge in [0.25, 0.3) is 0 Å². The summed E-state index contributed by atoms with van der Waals surface area (Å²) in [7, 11) is 0. The van der Waals surface area contributed by atoms with Crippen LogP contribution in [0.1, 0.15) is 27.7 Å². The van der Waals surface area contributed by atoms with Crippen molar-refractivity contribution in [2.45, 2.75) is 33.8 Å². The van der Waals surface area contributed by atoms with E-state index in [1.54, 1.807) is 4.90 Å². The number of nitrogens with two attached hydrogens (primary N) is 1. The predicted molar refractivity (Wildman–Crippen MR) is 75.7 cm³/mol. The minimum Gasteiger partial charge on any atom is -0.367 e. The molecule has 0 bridgehead atoms. The molecular weight excluding hydrogens is 256 g/mol. The summed E-state index contributed by atoms with van der Waals surface area (Å²) < 4.78 is 5.28. The summed E-state index contributed by atoms with van der Waals surface area (Å²) in [5.74, 6) is -0.0932. The van der Waals surface area contributed by atoms with Crippen LogP contribution in [0.25, 0.3) is 0 Å². The van der Waals surface area contributed by atoms with Gasteiger partial charge in [0.05, 0.1) is 19.1 Å². The summed E-state index contributed by atoms with van der Waals surface area (Å²) in [6.07, 6.45) is 1.51. The van der Waals surface area contributed by atoms with Crippen LogP contribution < -0.4 is 5.73 Å². The quantitative estimate of drug-likeness (QED) is 0.782. The molecule has 0 aromatic heterocycles. The second-order valence-corrected chi connectivity index (χ2v) is 6.61. The standard InChI is InChI=1S/C15H24N2O3/c1-9(2)7-10-12(15(10,3)4)14(19)17-5-6-20-11(8-17)13(16)18/h7,10-12H,5-6,8H2,1-4H3,(H2,16,18)/t10-,11+,12+/m1/s1. The van der Waals surface area contributed by atoms with Crippen LogP contribution in [0, 0.1) is 17.3 Å². The maximum atomic E-state index is 12.6. The molecule has 5 heteroatoms. The van der Waals surface area contributed by atoms with Crippen LogP contribution in [-0.4, -0.2) is 42.5 Å². The van der Waals surface area contributed by atoms with E-state index in [2.05, 4.69) is 19.9 Å². The summed E-state index contributed by atoms with van der Waals surface area (Å²) in [6.45, 7) is 9.53. The van der Waals surface area contributed by atoms with Gasteiger partial charge in [0.15, 0.2) is 6.10 Å². The van der Waals surface area contributed by atoms with Crippen molar-refractivity contribution in [1.82, 2.24) is 4.90 Å². The highest BCUT2D eigenvalue weighted by Gasteiger charge is 2.61. The van der Waals surface area contributed by atoms with Gasteiger partial charge in [-0.1, -0.05) is 25.5 Å². The topological polar surface area (TPSA) is 72.6 Å². The first-order chi connectivity index (χ1) is 9.25. The number of ether oxygens (including phenoxy) is 1. The molecule has 5 nitrogen and oxygen atoms in total. The Hall–Kier alpha value is -1.36. The molecule has 1 saturated carbocycles. The highest BCUT2D eigenvalue weighted by atomic mass is 16.5. The number of nitrogens with zero attached hydrogens (tertiary/aromatic N) is 1. The molecule has 2 rings (SSSR count). The fourth-order valence-corrected chi connectivity index (χ4v) is 3.04. The molecule has 112 valence electrons. The molecule has 1 saturated heterocycles. The molecule has 0 aromatic rings. The van der Waals surface area contributed by atoms with E-state index in [1.165, 1.54) is 5.57 Å². The third-order valence-electron chi connectivity index (χ3n) is 4.39. The third kappa shape index (κ3) is 2.73. The number of rotatable bonds is 3. The maximum Gasteiger partial charge on any atom is 0.248 e. The SMILES string of the molecule is CC(C)=C[C@@H]1[C@@H](C(=O)N2CCO[C@H](C(N)=O)C2)C1(C)C. The molecule has 1 aliphatic carbocycles. The van der Waals surface area contributed by atoms with Crippen molar-refractivity contribution in [1.29, 1.82) is 0 Å². The number of hydrogen-bond acceptors (Lipinski definition) is 3. The highest BCUT2D eigenvalue weighted by Crippen LogP contribution is 2.60. The molecule has 3 atom stereocenters. The van der Waals surface area contributed by atoms with E-state index in [-0.39, 0.29) is 29.7 Å². The van der Waals surface area contributed by atoms with Gasteiger partial charge in [0, 0.05) is 6.54 Å². The molecule has 1 aliphatic heterocycles. The van der Waals surface area contributed by atoms with Crippen molar-refractivity contribution in [2.75, 3.05) is 19.7 Å². The van der Waals surface area contributed by atoms with Crippen molar-refractivity contribution in [3.05, 3.63) is 11.6 Å². The van der Waals surface area contributed by atoms with Crippen molar-refractivity contribution < 1.29 is 14.3 Å². The van der Waals surface area contributed by atoms with E-state index >= 15 is 0 Å². The fourth-order valence-electron chi connectivity index (χ4n) is 3.04. The minimum absolute atomic E-state index is 0.00373. The first kappa shape index (κ1) is 15.0. The van der Waals surface area contributed by atoms with E-state index < -0.39 is 12.0 Å². The monoisotopic (exact) mass is 280 g/mol. The van der Waals surface area contributed by atoms with Crippen LogP contribution in [0.15, 0.2) is 11.6 Å². The number of morpholine rings is 1. The number of amides is 2. The van der Waals surface area contributed by atoms with Gasteiger partial charge in [0.2, 0.25) is 11.8 Å². The van der Waals surface area contributed by atoms with Crippen molar-refractivity contribution >= 4 is 11.8 Å². The molecular formula is C15H24N2O3. The zero-order chi connectivity index (χ0) is 15.1. The van der Waals surface area contributed by atoms with Crippen LogP contribution in [-0.2, 0) is 14.3 Å². The molecule has 2 fully saturated rings. The van der Waals surface area contributed by atoms with E-state index in [0.29, 0.717) is 13.2 Å². The maximum absolute atomic E-state index is 12.6. The normalized spacial score (nSPS) is 31.6. The first-order valence-electron chi connectivity index (χ1n) is 7.10. The molecule has 2 N–H and O–H groups in total. The average Bonchev–Trinajstić information content (AvgIpc) is 2.89. The summed E-state index contributed by atoms with van der Waals surface area (Å²) in [4.78, 5) is 25.5. The number of carbonyl (C=O) groups is 2. The number of hydrogen-bond donors (Lipinski definition) is 1. The van der Waals surface area contributed by atoms with E-state index in [1.807, 2.05) is 13.8 Å². The molecule has 0 unspecified atom stereocenters. The first-order valence-corrected chi connectivity index (χ1v) is 7.10. The van der Waals surface area contributed by atoms with Crippen molar-refractivity contribution in [3.8, 4) is 0 Å². The Morgan fingerprint density at radius 1 is 1.35 bits per heavy atom. The van der Waals surface area contributed by atoms with Gasteiger partial charge in [-0.2, -0.15) is 0 Å². The van der Waals surface area contributed by atoms with Crippen LogP contribution in [0.3, 0.4) is 0 Å². The van der Waals surface area contributed by atoms with E-state index in [9.17, 15) is 9.59 Å². The van der Waals surface area contributed by atoms with Gasteiger partial charge in [-0.3, -0.25) is 9.59 Å². The number of allylic oxidation sites excluding steroid dienone is 2. The smallest absolute Gasteiger partial charge is 0.248 e. The van der Waals surface area contributed by atoms with Gasteiger partial charge in [0.1, 0.15) is 0 Å². The second-order valence-electron chi connectivity index (χ2n) is 6.61. The van der Waals surface area contributed by atoms with Crippen LogP contribution in [0.5, 0.6) is 0 Å². The Morgan fingerprint density at radius 3 is 2.55 bits per heavy atom. The predicted octanol–water partition coefficient (Wildman–Crippen LogP) is 0.937. The van der Waals surface area contributed by atoms with Crippen LogP contribution in [0.2, 0.25) is 0 Å². The molecule has 20 heavy (non-hydrogen) atoms. The average molecular weight is 280 g/mol. The molecule has 0 spiro atoms. The van der Waals surface area contributed by atoms with Gasteiger partial charge in [-0.05, 0) is 25.2 Å². The number of primary amides is 1. The summed E-state index contributed by atoms with van der Waals surface area (Å²) in [5.41, 5.74) is 6.48. The van der Waals surface area contributed by atoms with E-state index in [4.69, 9.17) is 10.5 Å². The molecule has 0 radical (unpaired) electrons. The lowest BCUT2D eigenvalue weighted by molar-refractivity contribution is -0.146. The van der Waals surface area contributed by atoms with E-state index in [0.717, 1.165) is 0 Å². The van der Waals surface area contributed by atoms with Crippen molar-refractivity contribution in [2.24, 2.45) is 23.0 Å². The molecule has 2 amide bonds. The summed E-state index contributed by atoms with van der Waals surface area (Å²) in [5, 5.41) is 0. The van der Waals surface area contributed by atoms with Gasteiger partial charge >= 0.3 is 0 Å². The van der Waals surface area contributed by atoms with Crippen molar-refractivity contribution in [3.63, 3.8) is 0 Å². The Kier molecular flexibility index (Phi) is 3.91. The second kappa shape index (κ2) is 5.20. The van der Waals surface area contributed by atoms with Gasteiger partial charge in [-0.25, -0.2) is 0 Å². The lowest BCUT2D eigenvalue weighted by Gasteiger charge is -2.31. The lowest BCUT2D eigenvalue weighted by atomic mass is 10.1. The Bertz CT molecular complexity index is 452. The molecule has 2 aliphatic rings. The zero-order valence-corrected chi connectivity index (χ0v) is 12.7. The van der Waals surface area contributed by atoms with Gasteiger partial charge in [-0.15, -0.1) is 0 Å². The Balaban J connectivity index is 2.05. The summed E-state index contributed by atoms with van der Waals surface area (Å²) >= 11 is 0. The van der Waals surface area contributed by atoms with Crippen LogP contribution in [0.4, 0.5) is 0 Å². The fraction of sp³-hybridized carbons (Fsp3) is 0.733. The zero-order valence-electron chi connectivity index (χ0n) is 12.7. The third-order valence-corrected chi connectivity index (χ3v) is 4.39. The highest BCUT2D eigenvalue weighted by molar-refractivity contribution is 5.85. The molecule has 0 aromatic carbocycles. The van der Waals surface area contributed by atoms with Gasteiger partial charge < -0.3 is 15.4 Å². The Morgan fingerprint density at radius 2 is 2.00 bits per heavy atom. The summed E-state index contributed by atoms with van der Waals surface area (Å²) in [6, 6.07) is 0. The lowest BCUT2D eigenvalue weighted by Crippen LogP contribution is -2.51. The number of carbonyl (C=O) groups excluding carboxylic acids is 2. The molecule has 1 heterocycles. The van der Waals surface area contributed by atoms with Crippen LogP contribution >= 0.6 is 0 Å². The minimum atomic E-state index is -0.670.